The third-order valence-corrected chi connectivity index (χ3v) is 2.87. The van der Waals surface area contributed by atoms with Crippen LogP contribution in [0.1, 0.15) is 11.6 Å². The fourth-order valence-corrected chi connectivity index (χ4v) is 2.02. The summed E-state index contributed by atoms with van der Waals surface area (Å²) in [6, 6.07) is 9.43. The lowest BCUT2D eigenvalue weighted by Gasteiger charge is -2.01. The molecule has 1 unspecified atom stereocenters. The first-order chi connectivity index (χ1) is 6.31. The summed E-state index contributed by atoms with van der Waals surface area (Å²) in [6.45, 7) is 0. The normalized spacial score (nSPS) is 11.7. The molecule has 1 heterocycles. The predicted molar refractivity (Wildman–Crippen MR) is 61.6 cm³/mol. The third-order valence-electron chi connectivity index (χ3n) is 1.97. The Morgan fingerprint density at radius 2 is 2.14 bits per heavy atom. The number of fused-ring (bicyclic) bond motifs is 1. The van der Waals surface area contributed by atoms with Crippen molar-refractivity contribution in [2.45, 2.75) is 6.04 Å². The van der Waals surface area contributed by atoms with Gasteiger partial charge in [-0.2, -0.15) is 5.26 Å². The van der Waals surface area contributed by atoms with E-state index in [1.807, 2.05) is 35.7 Å². The fourth-order valence-electron chi connectivity index (χ4n) is 1.25. The minimum atomic E-state index is -0.510. The monoisotopic (exact) mass is 224 g/mol. The van der Waals surface area contributed by atoms with Crippen molar-refractivity contribution < 1.29 is 0 Å². The standard InChI is InChI=1S/C10H8N2S.ClH/c11-6-9(12)7-1-2-10-8(5-7)3-4-13-10;/h1-5,9H,12H2;1H. The van der Waals surface area contributed by atoms with Crippen LogP contribution < -0.4 is 5.73 Å². The number of benzene rings is 1. The molecule has 0 saturated carbocycles. The molecular weight excluding hydrogens is 216 g/mol. The van der Waals surface area contributed by atoms with Gasteiger partial charge in [0, 0.05) is 4.70 Å². The lowest BCUT2D eigenvalue weighted by Crippen LogP contribution is -2.06. The van der Waals surface area contributed by atoms with Crippen molar-refractivity contribution in [2.24, 2.45) is 5.73 Å². The quantitative estimate of drug-likeness (QED) is 0.810. The molecule has 14 heavy (non-hydrogen) atoms. The highest BCUT2D eigenvalue weighted by molar-refractivity contribution is 7.17. The summed E-state index contributed by atoms with van der Waals surface area (Å²) < 4.78 is 1.23. The minimum Gasteiger partial charge on any atom is -0.312 e. The van der Waals surface area contributed by atoms with E-state index in [1.54, 1.807) is 11.3 Å². The summed E-state index contributed by atoms with van der Waals surface area (Å²) in [5.41, 5.74) is 6.48. The Kier molecular flexibility index (Phi) is 3.48. The molecule has 2 aromatic rings. The van der Waals surface area contributed by atoms with E-state index in [9.17, 15) is 0 Å². The molecule has 0 fully saturated rings. The van der Waals surface area contributed by atoms with Crippen LogP contribution in [-0.2, 0) is 0 Å². The molecule has 1 aromatic carbocycles. The summed E-state index contributed by atoms with van der Waals surface area (Å²) in [5.74, 6) is 0. The Hall–Kier alpha value is -1.08. The number of rotatable bonds is 1. The first kappa shape index (κ1) is 11.0. The van der Waals surface area contributed by atoms with E-state index in [4.69, 9.17) is 11.0 Å². The maximum absolute atomic E-state index is 8.64. The number of thiophene rings is 1. The van der Waals surface area contributed by atoms with E-state index in [0.29, 0.717) is 0 Å². The molecule has 0 aliphatic rings. The molecule has 0 aliphatic carbocycles. The third kappa shape index (κ3) is 1.88. The highest BCUT2D eigenvalue weighted by Crippen LogP contribution is 2.23. The Labute approximate surface area is 92.4 Å². The van der Waals surface area contributed by atoms with Crippen molar-refractivity contribution in [1.82, 2.24) is 0 Å². The number of hydrogen-bond acceptors (Lipinski definition) is 3. The molecule has 1 aromatic heterocycles. The lowest BCUT2D eigenvalue weighted by atomic mass is 10.1. The molecule has 2 N–H and O–H groups in total. The highest BCUT2D eigenvalue weighted by Gasteiger charge is 2.04. The molecule has 2 rings (SSSR count). The molecule has 4 heteroatoms. The van der Waals surface area contributed by atoms with Crippen LogP contribution in [0.25, 0.3) is 10.1 Å². The molecular formula is C10H9ClN2S. The Morgan fingerprint density at radius 3 is 2.86 bits per heavy atom. The molecule has 1 atom stereocenters. The van der Waals surface area contributed by atoms with Gasteiger partial charge in [0.05, 0.1) is 6.07 Å². The van der Waals surface area contributed by atoms with Crippen LogP contribution in [0.4, 0.5) is 0 Å². The van der Waals surface area contributed by atoms with Crippen molar-refractivity contribution >= 4 is 33.8 Å². The average Bonchev–Trinajstić information content (AvgIpc) is 2.63. The van der Waals surface area contributed by atoms with Gasteiger partial charge in [-0.1, -0.05) is 6.07 Å². The Bertz CT molecular complexity index is 472. The van der Waals surface area contributed by atoms with Crippen LogP contribution >= 0.6 is 23.7 Å². The SMILES string of the molecule is Cl.N#CC(N)c1ccc2sccc2c1. The Morgan fingerprint density at radius 1 is 1.36 bits per heavy atom. The average molecular weight is 225 g/mol. The van der Waals surface area contributed by atoms with Gasteiger partial charge in [0.25, 0.3) is 0 Å². The maximum Gasteiger partial charge on any atom is 0.118 e. The van der Waals surface area contributed by atoms with Gasteiger partial charge in [0.2, 0.25) is 0 Å². The van der Waals surface area contributed by atoms with E-state index < -0.39 is 6.04 Å². The van der Waals surface area contributed by atoms with Crippen molar-refractivity contribution in [3.05, 3.63) is 35.2 Å². The van der Waals surface area contributed by atoms with Crippen LogP contribution in [0.3, 0.4) is 0 Å². The highest BCUT2D eigenvalue weighted by atomic mass is 35.5. The largest absolute Gasteiger partial charge is 0.312 e. The van der Waals surface area contributed by atoms with Crippen molar-refractivity contribution in [3.63, 3.8) is 0 Å². The minimum absolute atomic E-state index is 0. The molecule has 0 saturated heterocycles. The van der Waals surface area contributed by atoms with Gasteiger partial charge in [0.1, 0.15) is 6.04 Å². The second-order valence-electron chi connectivity index (χ2n) is 2.82. The number of nitrogens with two attached hydrogens (primary N) is 1. The predicted octanol–water partition coefficient (Wildman–Crippen LogP) is 2.85. The molecule has 72 valence electrons. The van der Waals surface area contributed by atoms with Gasteiger partial charge in [0.15, 0.2) is 0 Å². The molecule has 0 amide bonds. The summed E-state index contributed by atoms with van der Waals surface area (Å²) in [7, 11) is 0. The number of nitriles is 1. The smallest absolute Gasteiger partial charge is 0.118 e. The number of halogens is 1. The van der Waals surface area contributed by atoms with Crippen LogP contribution in [-0.4, -0.2) is 0 Å². The maximum atomic E-state index is 8.64. The van der Waals surface area contributed by atoms with Crippen molar-refractivity contribution in [2.75, 3.05) is 0 Å². The van der Waals surface area contributed by atoms with Gasteiger partial charge >= 0.3 is 0 Å². The van der Waals surface area contributed by atoms with Gasteiger partial charge in [-0.3, -0.25) is 0 Å². The van der Waals surface area contributed by atoms with Crippen molar-refractivity contribution in [3.8, 4) is 6.07 Å². The summed E-state index contributed by atoms with van der Waals surface area (Å²) >= 11 is 1.69. The summed E-state index contributed by atoms with van der Waals surface area (Å²) in [5, 5.41) is 11.8. The molecule has 0 spiro atoms. The zero-order valence-electron chi connectivity index (χ0n) is 7.31. The van der Waals surface area contributed by atoms with Crippen molar-refractivity contribution in [1.29, 1.82) is 5.26 Å². The second kappa shape index (κ2) is 4.43. The number of hydrogen-bond donors (Lipinski definition) is 1. The Balaban J connectivity index is 0.000000980. The van der Waals surface area contributed by atoms with Gasteiger partial charge in [-0.25, -0.2) is 0 Å². The first-order valence-corrected chi connectivity index (χ1v) is 4.81. The van der Waals surface area contributed by atoms with E-state index in [0.717, 1.165) is 10.9 Å². The van der Waals surface area contributed by atoms with E-state index in [1.165, 1.54) is 4.70 Å². The topological polar surface area (TPSA) is 49.8 Å². The second-order valence-corrected chi connectivity index (χ2v) is 3.77. The van der Waals surface area contributed by atoms with Crippen LogP contribution in [0.15, 0.2) is 29.6 Å². The van der Waals surface area contributed by atoms with Crippen LogP contribution in [0.5, 0.6) is 0 Å². The van der Waals surface area contributed by atoms with Crippen LogP contribution in [0.2, 0.25) is 0 Å². The number of nitrogens with zero attached hydrogens (tertiary/aromatic N) is 1. The van der Waals surface area contributed by atoms with Gasteiger partial charge in [-0.05, 0) is 34.5 Å². The van der Waals surface area contributed by atoms with Gasteiger partial charge in [-0.15, -0.1) is 23.7 Å². The first-order valence-electron chi connectivity index (χ1n) is 3.93. The zero-order valence-corrected chi connectivity index (χ0v) is 8.94. The molecule has 0 bridgehead atoms. The fraction of sp³-hybridized carbons (Fsp3) is 0.100. The van der Waals surface area contributed by atoms with E-state index in [2.05, 4.69) is 0 Å². The van der Waals surface area contributed by atoms with E-state index >= 15 is 0 Å². The molecule has 2 nitrogen and oxygen atoms in total. The molecule has 0 radical (unpaired) electrons. The summed E-state index contributed by atoms with van der Waals surface area (Å²) in [6.07, 6.45) is 0. The van der Waals surface area contributed by atoms with Crippen LogP contribution in [0, 0.1) is 11.3 Å². The van der Waals surface area contributed by atoms with Gasteiger partial charge < -0.3 is 5.73 Å². The molecule has 0 aliphatic heterocycles. The summed E-state index contributed by atoms with van der Waals surface area (Å²) in [4.78, 5) is 0. The zero-order chi connectivity index (χ0) is 9.26. The van der Waals surface area contributed by atoms with E-state index in [-0.39, 0.29) is 12.4 Å². The lowest BCUT2D eigenvalue weighted by molar-refractivity contribution is 0.929.